The first-order valence-electron chi connectivity index (χ1n) is 6.79. The van der Waals surface area contributed by atoms with E-state index in [1.807, 2.05) is 0 Å². The minimum atomic E-state index is -3.08. The monoisotopic (exact) mass is 338 g/mol. The quantitative estimate of drug-likeness (QED) is 0.867. The summed E-state index contributed by atoms with van der Waals surface area (Å²) in [7, 11) is 0. The van der Waals surface area contributed by atoms with Crippen molar-refractivity contribution in [1.29, 1.82) is 0 Å². The molecule has 4 nitrogen and oxygen atoms in total. The molecular formula is C14H18ClF3N2O2. The van der Waals surface area contributed by atoms with Crippen LogP contribution in [0.5, 0.6) is 5.75 Å². The number of anilines is 1. The van der Waals surface area contributed by atoms with Crippen LogP contribution >= 0.6 is 12.4 Å². The number of carbonyl (C=O) groups is 1. The second-order valence-electron chi connectivity index (χ2n) is 4.97. The summed E-state index contributed by atoms with van der Waals surface area (Å²) in [4.78, 5) is 11.8. The maximum Gasteiger partial charge on any atom is 0.387 e. The van der Waals surface area contributed by atoms with Crippen LogP contribution in [0.1, 0.15) is 19.3 Å². The highest BCUT2D eigenvalue weighted by molar-refractivity contribution is 5.90. The van der Waals surface area contributed by atoms with Crippen LogP contribution in [0.25, 0.3) is 0 Å². The van der Waals surface area contributed by atoms with Gasteiger partial charge in [0.1, 0.15) is 0 Å². The lowest BCUT2D eigenvalue weighted by molar-refractivity contribution is -0.117. The zero-order chi connectivity index (χ0) is 15.2. The molecule has 1 fully saturated rings. The molecule has 0 aromatic heterocycles. The molecule has 0 aliphatic carbocycles. The van der Waals surface area contributed by atoms with Crippen molar-refractivity contribution in [2.75, 3.05) is 18.4 Å². The van der Waals surface area contributed by atoms with Crippen LogP contribution < -0.4 is 15.4 Å². The molecule has 2 N–H and O–H groups in total. The molecule has 0 spiro atoms. The van der Waals surface area contributed by atoms with E-state index in [0.29, 0.717) is 12.3 Å². The Kier molecular flexibility index (Phi) is 7.47. The van der Waals surface area contributed by atoms with Crippen LogP contribution in [0.2, 0.25) is 0 Å². The van der Waals surface area contributed by atoms with Crippen molar-refractivity contribution in [2.45, 2.75) is 25.9 Å². The van der Waals surface area contributed by atoms with Gasteiger partial charge in [-0.15, -0.1) is 12.4 Å². The molecule has 0 saturated carbocycles. The van der Waals surface area contributed by atoms with Gasteiger partial charge in [0.15, 0.2) is 11.6 Å². The van der Waals surface area contributed by atoms with E-state index in [0.717, 1.165) is 38.1 Å². The Bertz CT molecular complexity index is 497. The van der Waals surface area contributed by atoms with Crippen LogP contribution in [0, 0.1) is 11.7 Å². The average molecular weight is 339 g/mol. The van der Waals surface area contributed by atoms with E-state index >= 15 is 0 Å². The summed E-state index contributed by atoms with van der Waals surface area (Å²) in [6.07, 6.45) is 2.24. The minimum absolute atomic E-state index is 0. The Balaban J connectivity index is 0.00000242. The van der Waals surface area contributed by atoms with E-state index in [4.69, 9.17) is 0 Å². The number of amides is 1. The molecule has 1 heterocycles. The topological polar surface area (TPSA) is 50.4 Å². The van der Waals surface area contributed by atoms with Crippen molar-refractivity contribution in [1.82, 2.24) is 5.32 Å². The number of hydrogen-bond donors (Lipinski definition) is 2. The first-order chi connectivity index (χ1) is 10.0. The van der Waals surface area contributed by atoms with Crippen molar-refractivity contribution >= 4 is 24.0 Å². The van der Waals surface area contributed by atoms with Gasteiger partial charge in [0.05, 0.1) is 0 Å². The number of halogens is 4. The molecule has 0 bridgehead atoms. The minimum Gasteiger partial charge on any atom is -0.432 e. The summed E-state index contributed by atoms with van der Waals surface area (Å²) in [5.41, 5.74) is 0.230. The number of carbonyl (C=O) groups excluding carboxylic acids is 1. The maximum absolute atomic E-state index is 13.5. The van der Waals surface area contributed by atoms with Gasteiger partial charge in [0, 0.05) is 18.2 Å². The van der Waals surface area contributed by atoms with Crippen molar-refractivity contribution in [3.63, 3.8) is 0 Å². The third-order valence-electron chi connectivity index (χ3n) is 3.36. The highest BCUT2D eigenvalue weighted by Crippen LogP contribution is 2.23. The molecule has 1 saturated heterocycles. The zero-order valence-corrected chi connectivity index (χ0v) is 12.6. The van der Waals surface area contributed by atoms with Crippen LogP contribution in [-0.4, -0.2) is 25.6 Å². The smallest absolute Gasteiger partial charge is 0.387 e. The Hall–Kier alpha value is -1.47. The fraction of sp³-hybridized carbons (Fsp3) is 0.500. The largest absolute Gasteiger partial charge is 0.432 e. The number of ether oxygens (including phenoxy) is 1. The van der Waals surface area contributed by atoms with E-state index in [9.17, 15) is 18.0 Å². The molecule has 0 unspecified atom stereocenters. The molecule has 22 heavy (non-hydrogen) atoms. The van der Waals surface area contributed by atoms with Gasteiger partial charge in [-0.25, -0.2) is 4.39 Å². The van der Waals surface area contributed by atoms with Crippen molar-refractivity contribution in [3.8, 4) is 5.75 Å². The molecule has 8 heteroatoms. The van der Waals surface area contributed by atoms with Gasteiger partial charge in [0.25, 0.3) is 0 Å². The summed E-state index contributed by atoms with van der Waals surface area (Å²) < 4.78 is 41.5. The summed E-state index contributed by atoms with van der Waals surface area (Å²) in [6, 6.07) is 3.38. The number of rotatable bonds is 5. The number of benzene rings is 1. The molecule has 1 aromatic carbocycles. The molecular weight excluding hydrogens is 321 g/mol. The number of alkyl halides is 2. The molecule has 1 aliphatic heterocycles. The highest BCUT2D eigenvalue weighted by atomic mass is 35.5. The van der Waals surface area contributed by atoms with Gasteiger partial charge in [-0.1, -0.05) is 0 Å². The highest BCUT2D eigenvalue weighted by Gasteiger charge is 2.17. The van der Waals surface area contributed by atoms with Gasteiger partial charge in [-0.3, -0.25) is 4.79 Å². The van der Waals surface area contributed by atoms with Gasteiger partial charge in [0.2, 0.25) is 5.91 Å². The van der Waals surface area contributed by atoms with E-state index in [1.165, 1.54) is 6.07 Å². The molecule has 1 amide bonds. The van der Waals surface area contributed by atoms with Gasteiger partial charge >= 0.3 is 6.61 Å². The Labute approximate surface area is 132 Å². The fourth-order valence-corrected chi connectivity index (χ4v) is 2.33. The van der Waals surface area contributed by atoms with Gasteiger partial charge < -0.3 is 15.4 Å². The maximum atomic E-state index is 13.5. The van der Waals surface area contributed by atoms with Crippen molar-refractivity contribution in [2.24, 2.45) is 5.92 Å². The van der Waals surface area contributed by atoms with E-state index in [1.54, 1.807) is 0 Å². The van der Waals surface area contributed by atoms with Crippen molar-refractivity contribution < 1.29 is 22.7 Å². The second-order valence-corrected chi connectivity index (χ2v) is 4.97. The lowest BCUT2D eigenvalue weighted by Gasteiger charge is -2.21. The molecule has 1 aliphatic rings. The summed E-state index contributed by atoms with van der Waals surface area (Å²) in [5, 5.41) is 5.78. The molecule has 2 rings (SSSR count). The van der Waals surface area contributed by atoms with Gasteiger partial charge in [-0.05, 0) is 44.0 Å². The summed E-state index contributed by atoms with van der Waals surface area (Å²) >= 11 is 0. The third kappa shape index (κ3) is 5.73. The lowest BCUT2D eigenvalue weighted by Crippen LogP contribution is -2.30. The first kappa shape index (κ1) is 18.6. The normalized spacial score (nSPS) is 15.3. The van der Waals surface area contributed by atoms with E-state index in [-0.39, 0.29) is 24.0 Å². The second kappa shape index (κ2) is 8.85. The Morgan fingerprint density at radius 3 is 2.64 bits per heavy atom. The van der Waals surface area contributed by atoms with E-state index < -0.39 is 18.2 Å². The summed E-state index contributed by atoms with van der Waals surface area (Å²) in [6.45, 7) is -1.29. The molecule has 1 aromatic rings. The Morgan fingerprint density at radius 1 is 1.36 bits per heavy atom. The number of hydrogen-bond acceptors (Lipinski definition) is 3. The van der Waals surface area contributed by atoms with Crippen LogP contribution in [0.15, 0.2) is 18.2 Å². The van der Waals surface area contributed by atoms with Crippen LogP contribution in [0.4, 0.5) is 18.9 Å². The van der Waals surface area contributed by atoms with Crippen molar-refractivity contribution in [3.05, 3.63) is 24.0 Å². The predicted molar refractivity (Wildman–Crippen MR) is 79.1 cm³/mol. The van der Waals surface area contributed by atoms with E-state index in [2.05, 4.69) is 15.4 Å². The number of piperidine rings is 1. The fourth-order valence-electron chi connectivity index (χ4n) is 2.33. The Morgan fingerprint density at radius 2 is 2.05 bits per heavy atom. The van der Waals surface area contributed by atoms with Crippen LogP contribution in [0.3, 0.4) is 0 Å². The average Bonchev–Trinajstić information content (AvgIpc) is 2.42. The first-order valence-corrected chi connectivity index (χ1v) is 6.79. The SMILES string of the molecule is Cl.O=C(CC1CCNCC1)Nc1ccc(OC(F)F)c(F)c1. The standard InChI is InChI=1S/C14H17F3N2O2.ClH/c15-11-8-10(1-2-12(11)21-14(16)17)19-13(20)7-9-3-5-18-6-4-9;/h1-2,8-9,14,18H,3-7H2,(H,19,20);1H. The summed E-state index contributed by atoms with van der Waals surface area (Å²) in [5.74, 6) is -1.36. The molecule has 0 radical (unpaired) electrons. The molecule has 0 atom stereocenters. The predicted octanol–water partition coefficient (Wildman–Crippen LogP) is 3.18. The number of nitrogens with one attached hydrogen (secondary N) is 2. The lowest BCUT2D eigenvalue weighted by atomic mass is 9.94. The molecule has 124 valence electrons. The third-order valence-corrected chi connectivity index (χ3v) is 3.36. The van der Waals surface area contributed by atoms with Crippen LogP contribution in [-0.2, 0) is 4.79 Å². The van der Waals surface area contributed by atoms with Gasteiger partial charge in [-0.2, -0.15) is 8.78 Å². The zero-order valence-electron chi connectivity index (χ0n) is 11.8.